The van der Waals surface area contributed by atoms with E-state index in [1.165, 1.54) is 4.90 Å². The quantitative estimate of drug-likeness (QED) is 0.427. The van der Waals surface area contributed by atoms with Gasteiger partial charge in [-0.05, 0) is 48.7 Å². The monoisotopic (exact) mass is 488 g/mol. The molecular formula is C22H24Cl4N2O2. The zero-order valence-electron chi connectivity index (χ0n) is 16.9. The smallest absolute Gasteiger partial charge is 0.242 e. The Balaban J connectivity index is 2.25. The lowest BCUT2D eigenvalue weighted by Crippen LogP contribution is -2.48. The second kappa shape index (κ2) is 11.8. The van der Waals surface area contributed by atoms with Gasteiger partial charge in [0.15, 0.2) is 0 Å². The van der Waals surface area contributed by atoms with Crippen LogP contribution in [0.15, 0.2) is 36.4 Å². The summed E-state index contributed by atoms with van der Waals surface area (Å²) in [7, 11) is 0. The Morgan fingerprint density at radius 1 is 1.00 bits per heavy atom. The molecule has 0 spiro atoms. The van der Waals surface area contributed by atoms with E-state index in [-0.39, 0.29) is 24.8 Å². The lowest BCUT2D eigenvalue weighted by atomic mass is 10.1. The number of amides is 2. The fourth-order valence-electron chi connectivity index (χ4n) is 2.88. The maximum Gasteiger partial charge on any atom is 0.242 e. The zero-order chi connectivity index (χ0) is 22.3. The average molecular weight is 490 g/mol. The van der Waals surface area contributed by atoms with Gasteiger partial charge in [-0.15, -0.1) is 0 Å². The fraction of sp³-hybridized carbons (Fsp3) is 0.364. The minimum atomic E-state index is -0.671. The van der Waals surface area contributed by atoms with Crippen molar-refractivity contribution in [2.24, 2.45) is 0 Å². The van der Waals surface area contributed by atoms with Gasteiger partial charge in [0.2, 0.25) is 11.8 Å². The van der Waals surface area contributed by atoms with Crippen molar-refractivity contribution in [2.45, 2.75) is 45.7 Å². The molecule has 0 aliphatic heterocycles. The molecule has 1 N–H and O–H groups in total. The molecule has 0 aliphatic carbocycles. The molecule has 1 atom stereocenters. The molecule has 0 fully saturated rings. The van der Waals surface area contributed by atoms with Crippen molar-refractivity contribution < 1.29 is 9.59 Å². The molecule has 2 aromatic rings. The minimum Gasteiger partial charge on any atom is -0.354 e. The molecule has 2 aromatic carbocycles. The standard InChI is InChI=1S/C22H24Cl4N2O2/c1-3-4-9-27-22(30)14(2)28(13-15-5-8-18(24)20(26)10-15)21(29)11-16-6-7-17(23)12-19(16)25/h5-8,10,12,14H,3-4,9,11,13H2,1-2H3,(H,27,30). The number of carbonyl (C=O) groups excluding carboxylic acids is 2. The van der Waals surface area contributed by atoms with E-state index in [4.69, 9.17) is 46.4 Å². The van der Waals surface area contributed by atoms with E-state index >= 15 is 0 Å². The molecule has 2 rings (SSSR count). The summed E-state index contributed by atoms with van der Waals surface area (Å²) in [6.45, 7) is 4.53. The molecule has 0 saturated carbocycles. The summed E-state index contributed by atoms with van der Waals surface area (Å²) < 4.78 is 0. The molecule has 0 aliphatic rings. The second-order valence-corrected chi connectivity index (χ2v) is 8.66. The van der Waals surface area contributed by atoms with Crippen molar-refractivity contribution in [2.75, 3.05) is 6.54 Å². The van der Waals surface area contributed by atoms with Crippen LogP contribution in [-0.4, -0.2) is 29.3 Å². The first-order chi connectivity index (χ1) is 14.2. The SMILES string of the molecule is CCCCNC(=O)C(C)N(Cc1ccc(Cl)c(Cl)c1)C(=O)Cc1ccc(Cl)cc1Cl. The Morgan fingerprint density at radius 2 is 1.73 bits per heavy atom. The summed E-state index contributed by atoms with van der Waals surface area (Å²) in [5, 5.41) is 4.60. The Hall–Kier alpha value is -1.46. The van der Waals surface area contributed by atoms with Gasteiger partial charge in [0.1, 0.15) is 6.04 Å². The van der Waals surface area contributed by atoms with Gasteiger partial charge in [0, 0.05) is 23.1 Å². The normalized spacial score (nSPS) is 11.8. The topological polar surface area (TPSA) is 49.4 Å². The molecule has 2 amide bonds. The van der Waals surface area contributed by atoms with Crippen molar-refractivity contribution in [1.82, 2.24) is 10.2 Å². The first-order valence-electron chi connectivity index (χ1n) is 9.68. The number of hydrogen-bond acceptors (Lipinski definition) is 2. The van der Waals surface area contributed by atoms with E-state index in [1.54, 1.807) is 43.3 Å². The van der Waals surface area contributed by atoms with Gasteiger partial charge >= 0.3 is 0 Å². The Labute approximate surface area is 197 Å². The van der Waals surface area contributed by atoms with Gasteiger partial charge in [0.05, 0.1) is 16.5 Å². The molecule has 0 saturated heterocycles. The third kappa shape index (κ3) is 7.05. The number of carbonyl (C=O) groups is 2. The van der Waals surface area contributed by atoms with Gasteiger partial charge in [-0.1, -0.05) is 71.9 Å². The minimum absolute atomic E-state index is 0.0455. The first-order valence-corrected chi connectivity index (χ1v) is 11.2. The van der Waals surface area contributed by atoms with Crippen LogP contribution in [0.4, 0.5) is 0 Å². The van der Waals surface area contributed by atoms with Gasteiger partial charge in [0.25, 0.3) is 0 Å². The predicted octanol–water partition coefficient (Wildman–Crippen LogP) is 6.18. The number of nitrogens with one attached hydrogen (secondary N) is 1. The van der Waals surface area contributed by atoms with Crippen molar-refractivity contribution in [3.63, 3.8) is 0 Å². The maximum absolute atomic E-state index is 13.2. The van der Waals surface area contributed by atoms with Crippen LogP contribution in [0.5, 0.6) is 0 Å². The molecule has 0 bridgehead atoms. The number of benzene rings is 2. The van der Waals surface area contributed by atoms with Gasteiger partial charge < -0.3 is 10.2 Å². The van der Waals surface area contributed by atoms with E-state index in [2.05, 4.69) is 5.32 Å². The van der Waals surface area contributed by atoms with Crippen molar-refractivity contribution in [3.8, 4) is 0 Å². The van der Waals surface area contributed by atoms with Gasteiger partial charge in [-0.2, -0.15) is 0 Å². The fourth-order valence-corrected chi connectivity index (χ4v) is 3.68. The third-order valence-electron chi connectivity index (χ3n) is 4.69. The highest BCUT2D eigenvalue weighted by Crippen LogP contribution is 2.25. The highest BCUT2D eigenvalue weighted by Gasteiger charge is 2.26. The van der Waals surface area contributed by atoms with E-state index in [1.807, 2.05) is 6.92 Å². The van der Waals surface area contributed by atoms with E-state index in [0.717, 1.165) is 18.4 Å². The Bertz CT molecular complexity index is 905. The second-order valence-electron chi connectivity index (χ2n) is 7.00. The number of nitrogens with zero attached hydrogens (tertiary/aromatic N) is 1. The highest BCUT2D eigenvalue weighted by atomic mass is 35.5. The molecule has 8 heteroatoms. The number of rotatable bonds is 9. The lowest BCUT2D eigenvalue weighted by molar-refractivity contribution is -0.140. The van der Waals surface area contributed by atoms with Crippen LogP contribution in [0.2, 0.25) is 20.1 Å². The summed E-state index contributed by atoms with van der Waals surface area (Å²) in [6.07, 6.45) is 1.89. The Kier molecular flexibility index (Phi) is 9.76. The first kappa shape index (κ1) is 24.8. The number of unbranched alkanes of at least 4 members (excludes halogenated alkanes) is 1. The van der Waals surface area contributed by atoms with E-state index < -0.39 is 6.04 Å². The zero-order valence-corrected chi connectivity index (χ0v) is 19.9. The van der Waals surface area contributed by atoms with Crippen LogP contribution in [0.3, 0.4) is 0 Å². The molecule has 0 radical (unpaired) electrons. The van der Waals surface area contributed by atoms with E-state index in [0.29, 0.717) is 32.2 Å². The van der Waals surface area contributed by atoms with Gasteiger partial charge in [-0.3, -0.25) is 9.59 Å². The van der Waals surface area contributed by atoms with Crippen LogP contribution in [0.25, 0.3) is 0 Å². The summed E-state index contributed by atoms with van der Waals surface area (Å²) in [4.78, 5) is 27.3. The summed E-state index contributed by atoms with van der Waals surface area (Å²) in [5.74, 6) is -0.442. The lowest BCUT2D eigenvalue weighted by Gasteiger charge is -2.29. The summed E-state index contributed by atoms with van der Waals surface area (Å²) >= 11 is 24.3. The molecule has 4 nitrogen and oxygen atoms in total. The number of halogens is 4. The number of hydrogen-bond donors (Lipinski definition) is 1. The van der Waals surface area contributed by atoms with Crippen LogP contribution in [-0.2, 0) is 22.6 Å². The van der Waals surface area contributed by atoms with Gasteiger partial charge in [-0.25, -0.2) is 0 Å². The third-order valence-corrected chi connectivity index (χ3v) is 6.02. The molecule has 0 aromatic heterocycles. The van der Waals surface area contributed by atoms with Crippen molar-refractivity contribution >= 4 is 58.2 Å². The highest BCUT2D eigenvalue weighted by molar-refractivity contribution is 6.42. The molecule has 162 valence electrons. The molecule has 1 unspecified atom stereocenters. The molecular weight excluding hydrogens is 466 g/mol. The Morgan fingerprint density at radius 3 is 2.37 bits per heavy atom. The maximum atomic E-state index is 13.2. The van der Waals surface area contributed by atoms with E-state index in [9.17, 15) is 9.59 Å². The largest absolute Gasteiger partial charge is 0.354 e. The summed E-state index contributed by atoms with van der Waals surface area (Å²) in [6, 6.07) is 9.47. The summed E-state index contributed by atoms with van der Waals surface area (Å²) in [5.41, 5.74) is 1.41. The molecule has 30 heavy (non-hydrogen) atoms. The van der Waals surface area contributed by atoms with Crippen LogP contribution in [0.1, 0.15) is 37.8 Å². The van der Waals surface area contributed by atoms with Crippen LogP contribution < -0.4 is 5.32 Å². The van der Waals surface area contributed by atoms with Crippen LogP contribution in [0, 0.1) is 0 Å². The molecule has 0 heterocycles. The average Bonchev–Trinajstić information content (AvgIpc) is 2.70. The van der Waals surface area contributed by atoms with Crippen molar-refractivity contribution in [3.05, 3.63) is 67.6 Å². The van der Waals surface area contributed by atoms with Crippen LogP contribution >= 0.6 is 46.4 Å². The predicted molar refractivity (Wildman–Crippen MR) is 125 cm³/mol. The van der Waals surface area contributed by atoms with Crippen molar-refractivity contribution in [1.29, 1.82) is 0 Å².